The zero-order chi connectivity index (χ0) is 13.7. The Kier molecular flexibility index (Phi) is 4.03. The summed E-state index contributed by atoms with van der Waals surface area (Å²) >= 11 is 0. The number of hydrogen-bond acceptors (Lipinski definition) is 3. The molecule has 0 bridgehead atoms. The quantitative estimate of drug-likeness (QED) is 0.675. The fourth-order valence-corrected chi connectivity index (χ4v) is 1.62. The van der Waals surface area contributed by atoms with Crippen molar-refractivity contribution in [1.82, 2.24) is 10.4 Å². The summed E-state index contributed by atoms with van der Waals surface area (Å²) in [4.78, 5) is 16.1. The Balaban J connectivity index is 2.08. The molecule has 19 heavy (non-hydrogen) atoms. The van der Waals surface area contributed by atoms with Gasteiger partial charge in [0.25, 0.3) is 5.91 Å². The molecular formula is C15H15N3O. The van der Waals surface area contributed by atoms with Gasteiger partial charge in [-0.3, -0.25) is 9.78 Å². The molecule has 1 amide bonds. The van der Waals surface area contributed by atoms with Gasteiger partial charge in [0, 0.05) is 11.8 Å². The zero-order valence-electron chi connectivity index (χ0n) is 10.9. The molecule has 96 valence electrons. The van der Waals surface area contributed by atoms with Gasteiger partial charge in [0.1, 0.15) is 0 Å². The second-order valence-electron chi connectivity index (χ2n) is 4.22. The number of pyridine rings is 1. The van der Waals surface area contributed by atoms with E-state index >= 15 is 0 Å². The van der Waals surface area contributed by atoms with Crippen LogP contribution in [0, 0.1) is 6.92 Å². The number of aryl methyl sites for hydroxylation is 1. The van der Waals surface area contributed by atoms with Crippen molar-refractivity contribution in [1.29, 1.82) is 0 Å². The van der Waals surface area contributed by atoms with Gasteiger partial charge in [-0.05, 0) is 38.1 Å². The van der Waals surface area contributed by atoms with Crippen molar-refractivity contribution in [3.63, 3.8) is 0 Å². The molecule has 0 aliphatic rings. The lowest BCUT2D eigenvalue weighted by molar-refractivity contribution is 0.0954. The summed E-state index contributed by atoms with van der Waals surface area (Å²) < 4.78 is 0. The van der Waals surface area contributed by atoms with E-state index in [1.165, 1.54) is 0 Å². The SMILES string of the molecule is C/C(=N/NC(=O)c1cccc(C)c1)c1ccccn1. The van der Waals surface area contributed by atoms with Gasteiger partial charge in [0.2, 0.25) is 0 Å². The predicted octanol–water partition coefficient (Wildman–Crippen LogP) is 2.54. The summed E-state index contributed by atoms with van der Waals surface area (Å²) in [5.74, 6) is -0.223. The molecule has 1 aromatic carbocycles. The standard InChI is InChI=1S/C15H15N3O/c1-11-6-5-7-13(10-11)15(19)18-17-12(2)14-8-3-4-9-16-14/h3-10H,1-2H3,(H,18,19)/b17-12-. The first-order chi connectivity index (χ1) is 9.16. The number of nitrogens with zero attached hydrogens (tertiary/aromatic N) is 2. The van der Waals surface area contributed by atoms with Crippen LogP contribution in [0.25, 0.3) is 0 Å². The molecule has 1 N–H and O–H groups in total. The summed E-state index contributed by atoms with van der Waals surface area (Å²) in [6.45, 7) is 3.75. The zero-order valence-corrected chi connectivity index (χ0v) is 10.9. The number of amides is 1. The predicted molar refractivity (Wildman–Crippen MR) is 75.1 cm³/mol. The second kappa shape index (κ2) is 5.91. The largest absolute Gasteiger partial charge is 0.271 e. The fourth-order valence-electron chi connectivity index (χ4n) is 1.62. The van der Waals surface area contributed by atoms with Gasteiger partial charge in [-0.1, -0.05) is 23.8 Å². The average molecular weight is 253 g/mol. The molecule has 0 radical (unpaired) electrons. The van der Waals surface area contributed by atoms with Crippen LogP contribution in [-0.4, -0.2) is 16.6 Å². The molecule has 0 saturated carbocycles. The van der Waals surface area contributed by atoms with E-state index in [0.29, 0.717) is 11.3 Å². The van der Waals surface area contributed by atoms with Crippen LogP contribution in [0.15, 0.2) is 53.8 Å². The van der Waals surface area contributed by atoms with E-state index in [9.17, 15) is 4.79 Å². The summed E-state index contributed by atoms with van der Waals surface area (Å²) in [5, 5.41) is 4.05. The van der Waals surface area contributed by atoms with E-state index in [2.05, 4.69) is 15.5 Å². The van der Waals surface area contributed by atoms with Crippen molar-refractivity contribution in [3.8, 4) is 0 Å². The number of carbonyl (C=O) groups excluding carboxylic acids is 1. The highest BCUT2D eigenvalue weighted by Gasteiger charge is 2.04. The Bertz CT molecular complexity index is 606. The molecule has 1 heterocycles. The van der Waals surface area contributed by atoms with Gasteiger partial charge in [-0.25, -0.2) is 5.43 Å². The number of hydrazone groups is 1. The first-order valence-corrected chi connectivity index (χ1v) is 5.99. The van der Waals surface area contributed by atoms with Crippen LogP contribution in [0.4, 0.5) is 0 Å². The highest BCUT2D eigenvalue weighted by molar-refractivity contribution is 5.99. The molecule has 0 spiro atoms. The van der Waals surface area contributed by atoms with Gasteiger partial charge in [0.05, 0.1) is 11.4 Å². The van der Waals surface area contributed by atoms with Gasteiger partial charge >= 0.3 is 0 Å². The second-order valence-corrected chi connectivity index (χ2v) is 4.22. The van der Waals surface area contributed by atoms with Crippen molar-refractivity contribution < 1.29 is 4.79 Å². The fraction of sp³-hybridized carbons (Fsp3) is 0.133. The first-order valence-electron chi connectivity index (χ1n) is 5.99. The first kappa shape index (κ1) is 13.0. The minimum absolute atomic E-state index is 0.223. The molecular weight excluding hydrogens is 238 g/mol. The molecule has 0 aliphatic carbocycles. The van der Waals surface area contributed by atoms with E-state index < -0.39 is 0 Å². The highest BCUT2D eigenvalue weighted by atomic mass is 16.2. The van der Waals surface area contributed by atoms with Crippen LogP contribution in [0.3, 0.4) is 0 Å². The normalized spacial score (nSPS) is 11.2. The molecule has 1 aromatic heterocycles. The monoisotopic (exact) mass is 253 g/mol. The van der Waals surface area contributed by atoms with Crippen LogP contribution in [-0.2, 0) is 0 Å². The maximum Gasteiger partial charge on any atom is 0.271 e. The number of aromatic nitrogens is 1. The molecule has 2 rings (SSSR count). The lowest BCUT2D eigenvalue weighted by Gasteiger charge is -2.03. The number of hydrogen-bond donors (Lipinski definition) is 1. The number of rotatable bonds is 3. The third kappa shape index (κ3) is 3.48. The summed E-state index contributed by atoms with van der Waals surface area (Å²) in [6.07, 6.45) is 1.69. The lowest BCUT2D eigenvalue weighted by Crippen LogP contribution is -2.19. The van der Waals surface area contributed by atoms with Crippen LogP contribution in [0.1, 0.15) is 28.5 Å². The third-order valence-electron chi connectivity index (χ3n) is 2.64. The Labute approximate surface area is 112 Å². The maximum atomic E-state index is 11.9. The molecule has 4 heteroatoms. The van der Waals surface area contributed by atoms with E-state index in [-0.39, 0.29) is 5.91 Å². The summed E-state index contributed by atoms with van der Waals surface area (Å²) in [7, 11) is 0. The van der Waals surface area contributed by atoms with Crippen molar-refractivity contribution in [3.05, 3.63) is 65.5 Å². The van der Waals surface area contributed by atoms with Crippen LogP contribution in [0.5, 0.6) is 0 Å². The molecule has 0 atom stereocenters. The highest BCUT2D eigenvalue weighted by Crippen LogP contribution is 2.03. The van der Waals surface area contributed by atoms with E-state index in [1.807, 2.05) is 43.3 Å². The summed E-state index contributed by atoms with van der Waals surface area (Å²) in [6, 6.07) is 12.9. The molecule has 0 saturated heterocycles. The number of nitrogens with one attached hydrogen (secondary N) is 1. The van der Waals surface area contributed by atoms with E-state index in [0.717, 1.165) is 11.3 Å². The Morgan fingerprint density at radius 2 is 2.05 bits per heavy atom. The number of benzene rings is 1. The van der Waals surface area contributed by atoms with Crippen LogP contribution in [0.2, 0.25) is 0 Å². The van der Waals surface area contributed by atoms with Crippen molar-refractivity contribution in [2.45, 2.75) is 13.8 Å². The molecule has 0 unspecified atom stereocenters. The Morgan fingerprint density at radius 3 is 2.74 bits per heavy atom. The molecule has 0 aliphatic heterocycles. The maximum absolute atomic E-state index is 11.9. The smallest absolute Gasteiger partial charge is 0.267 e. The minimum atomic E-state index is -0.223. The van der Waals surface area contributed by atoms with Crippen molar-refractivity contribution >= 4 is 11.6 Å². The van der Waals surface area contributed by atoms with E-state index in [1.54, 1.807) is 19.2 Å². The van der Waals surface area contributed by atoms with Gasteiger partial charge in [0.15, 0.2) is 0 Å². The Hall–Kier alpha value is -2.49. The van der Waals surface area contributed by atoms with Crippen LogP contribution >= 0.6 is 0 Å². The topological polar surface area (TPSA) is 54.4 Å². The van der Waals surface area contributed by atoms with E-state index in [4.69, 9.17) is 0 Å². The average Bonchev–Trinajstić information content (AvgIpc) is 2.45. The van der Waals surface area contributed by atoms with Crippen molar-refractivity contribution in [2.75, 3.05) is 0 Å². The van der Waals surface area contributed by atoms with Gasteiger partial charge < -0.3 is 0 Å². The van der Waals surface area contributed by atoms with Gasteiger partial charge in [-0.15, -0.1) is 0 Å². The summed E-state index contributed by atoms with van der Waals surface area (Å²) in [5.41, 5.74) is 5.58. The number of carbonyl (C=O) groups is 1. The lowest BCUT2D eigenvalue weighted by atomic mass is 10.1. The Morgan fingerprint density at radius 1 is 1.21 bits per heavy atom. The van der Waals surface area contributed by atoms with Crippen LogP contribution < -0.4 is 5.43 Å². The molecule has 2 aromatic rings. The van der Waals surface area contributed by atoms with Crippen molar-refractivity contribution in [2.24, 2.45) is 5.10 Å². The minimum Gasteiger partial charge on any atom is -0.267 e. The third-order valence-corrected chi connectivity index (χ3v) is 2.64. The molecule has 0 fully saturated rings. The molecule has 4 nitrogen and oxygen atoms in total. The van der Waals surface area contributed by atoms with Gasteiger partial charge in [-0.2, -0.15) is 5.10 Å².